The Morgan fingerprint density at radius 1 is 1.31 bits per heavy atom. The molecule has 1 heterocycles. The first-order valence-corrected chi connectivity index (χ1v) is 8.75. The monoisotopic (exact) mass is 351 g/mol. The van der Waals surface area contributed by atoms with Crippen molar-refractivity contribution in [1.82, 2.24) is 4.98 Å². The molecular weight excluding hydrogens is 326 g/mol. The van der Waals surface area contributed by atoms with Gasteiger partial charge in [0.1, 0.15) is 11.6 Å². The van der Waals surface area contributed by atoms with E-state index < -0.39 is 0 Å². The maximum Gasteiger partial charge on any atom is 0.266 e. The van der Waals surface area contributed by atoms with Gasteiger partial charge in [0.15, 0.2) is 0 Å². The molecule has 2 rings (SSSR count). The summed E-state index contributed by atoms with van der Waals surface area (Å²) in [6, 6.07) is 9.92. The summed E-state index contributed by atoms with van der Waals surface area (Å²) in [7, 11) is 1.77. The Balaban J connectivity index is 2.18. The van der Waals surface area contributed by atoms with E-state index in [1.165, 1.54) is 5.56 Å². The molecule has 136 valence electrons. The number of nitriles is 1. The van der Waals surface area contributed by atoms with Gasteiger partial charge in [0.2, 0.25) is 5.91 Å². The van der Waals surface area contributed by atoms with Crippen LogP contribution in [0.25, 0.3) is 0 Å². The number of rotatable bonds is 5. The second-order valence-corrected chi connectivity index (χ2v) is 6.87. The Morgan fingerprint density at radius 3 is 2.62 bits per heavy atom. The first-order chi connectivity index (χ1) is 12.3. The van der Waals surface area contributed by atoms with Crippen LogP contribution >= 0.6 is 0 Å². The van der Waals surface area contributed by atoms with E-state index in [1.54, 1.807) is 25.8 Å². The Hall–Kier alpha value is -2.87. The third kappa shape index (κ3) is 4.02. The zero-order valence-corrected chi connectivity index (χ0v) is 16.0. The molecule has 0 saturated carbocycles. The fourth-order valence-electron chi connectivity index (χ4n) is 3.06. The van der Waals surface area contributed by atoms with E-state index in [2.05, 4.69) is 24.9 Å². The Morgan fingerprint density at radius 2 is 2.00 bits per heavy atom. The molecule has 0 radical (unpaired) electrons. The number of amides is 1. The van der Waals surface area contributed by atoms with Crippen LogP contribution in [0.1, 0.15) is 54.1 Å². The van der Waals surface area contributed by atoms with Crippen molar-refractivity contribution in [2.75, 3.05) is 11.9 Å². The van der Waals surface area contributed by atoms with E-state index in [0.29, 0.717) is 30.0 Å². The van der Waals surface area contributed by atoms with Gasteiger partial charge in [-0.05, 0) is 55.0 Å². The zero-order valence-electron chi connectivity index (χ0n) is 16.0. The standard InChI is InChI=1S/C21H25N3O2/c1-13(2)16-7-6-8-17(11-16)24(5)20(25)10-9-18-14(3)19(12-22)21(26)23-15(18)4/h6-8,11,13H,9-10H2,1-5H3,(H,23,26). The molecule has 5 nitrogen and oxygen atoms in total. The molecule has 0 unspecified atom stereocenters. The van der Waals surface area contributed by atoms with Crippen molar-refractivity contribution in [3.8, 4) is 6.07 Å². The lowest BCUT2D eigenvalue weighted by Crippen LogP contribution is -2.27. The highest BCUT2D eigenvalue weighted by molar-refractivity contribution is 5.93. The van der Waals surface area contributed by atoms with Crippen LogP contribution in [0.3, 0.4) is 0 Å². The number of hydrogen-bond donors (Lipinski definition) is 1. The summed E-state index contributed by atoms with van der Waals surface area (Å²) < 4.78 is 0. The summed E-state index contributed by atoms with van der Waals surface area (Å²) in [5, 5.41) is 9.15. The predicted octanol–water partition coefficient (Wildman–Crippen LogP) is 3.58. The van der Waals surface area contributed by atoms with E-state index in [4.69, 9.17) is 5.26 Å². The summed E-state index contributed by atoms with van der Waals surface area (Å²) in [4.78, 5) is 28.8. The summed E-state index contributed by atoms with van der Waals surface area (Å²) in [5.74, 6) is 0.392. The summed E-state index contributed by atoms with van der Waals surface area (Å²) >= 11 is 0. The van der Waals surface area contributed by atoms with E-state index >= 15 is 0 Å². The second-order valence-electron chi connectivity index (χ2n) is 6.87. The van der Waals surface area contributed by atoms with Gasteiger partial charge in [-0.25, -0.2) is 0 Å². The minimum Gasteiger partial charge on any atom is -0.325 e. The van der Waals surface area contributed by atoms with Gasteiger partial charge in [-0.2, -0.15) is 5.26 Å². The highest BCUT2D eigenvalue weighted by atomic mass is 16.2. The molecule has 1 amide bonds. The molecule has 0 spiro atoms. The third-order valence-corrected chi connectivity index (χ3v) is 4.81. The molecule has 5 heteroatoms. The SMILES string of the molecule is Cc1[nH]c(=O)c(C#N)c(C)c1CCC(=O)N(C)c1cccc(C(C)C)c1. The molecule has 0 saturated heterocycles. The van der Waals surface area contributed by atoms with Crippen LogP contribution in [-0.2, 0) is 11.2 Å². The normalized spacial score (nSPS) is 10.7. The van der Waals surface area contributed by atoms with Gasteiger partial charge in [0, 0.05) is 24.8 Å². The molecule has 1 aromatic heterocycles. The first kappa shape index (κ1) is 19.5. The van der Waals surface area contributed by atoms with Crippen LogP contribution in [0.5, 0.6) is 0 Å². The van der Waals surface area contributed by atoms with Gasteiger partial charge in [-0.15, -0.1) is 0 Å². The third-order valence-electron chi connectivity index (χ3n) is 4.81. The van der Waals surface area contributed by atoms with E-state index in [1.807, 2.05) is 24.3 Å². The van der Waals surface area contributed by atoms with Crippen molar-refractivity contribution >= 4 is 11.6 Å². The van der Waals surface area contributed by atoms with Crippen LogP contribution in [0.2, 0.25) is 0 Å². The first-order valence-electron chi connectivity index (χ1n) is 8.75. The molecule has 0 bridgehead atoms. The molecule has 1 N–H and O–H groups in total. The van der Waals surface area contributed by atoms with Gasteiger partial charge in [0.25, 0.3) is 5.56 Å². The van der Waals surface area contributed by atoms with Gasteiger partial charge in [0.05, 0.1) is 0 Å². The fraction of sp³-hybridized carbons (Fsp3) is 0.381. The van der Waals surface area contributed by atoms with E-state index in [9.17, 15) is 9.59 Å². The number of H-pyrrole nitrogens is 1. The lowest BCUT2D eigenvalue weighted by atomic mass is 9.98. The summed E-state index contributed by atoms with van der Waals surface area (Å²) in [5.41, 5.74) is 4.03. The summed E-state index contributed by atoms with van der Waals surface area (Å²) in [6.45, 7) is 7.80. The highest BCUT2D eigenvalue weighted by Gasteiger charge is 2.16. The molecular formula is C21H25N3O2. The molecule has 0 aliphatic carbocycles. The van der Waals surface area contributed by atoms with Crippen molar-refractivity contribution in [3.05, 3.63) is 62.6 Å². The van der Waals surface area contributed by atoms with Crippen LogP contribution in [0, 0.1) is 25.2 Å². The van der Waals surface area contributed by atoms with Crippen LogP contribution in [-0.4, -0.2) is 17.9 Å². The van der Waals surface area contributed by atoms with E-state index in [-0.39, 0.29) is 17.0 Å². The maximum absolute atomic E-state index is 12.6. The van der Waals surface area contributed by atoms with E-state index in [0.717, 1.165) is 11.3 Å². The van der Waals surface area contributed by atoms with Crippen molar-refractivity contribution in [2.24, 2.45) is 0 Å². The molecule has 0 fully saturated rings. The van der Waals surface area contributed by atoms with Crippen LogP contribution < -0.4 is 10.5 Å². The van der Waals surface area contributed by atoms with Gasteiger partial charge in [-0.3, -0.25) is 9.59 Å². The molecule has 0 aliphatic heterocycles. The number of pyridine rings is 1. The predicted molar refractivity (Wildman–Crippen MR) is 104 cm³/mol. The zero-order chi connectivity index (χ0) is 19.4. The number of nitrogens with one attached hydrogen (secondary N) is 1. The van der Waals surface area contributed by atoms with Gasteiger partial charge < -0.3 is 9.88 Å². The Kier molecular flexibility index (Phi) is 5.99. The molecule has 0 atom stereocenters. The van der Waals surface area contributed by atoms with Gasteiger partial charge in [-0.1, -0.05) is 26.0 Å². The van der Waals surface area contributed by atoms with Crippen LogP contribution in [0.15, 0.2) is 29.1 Å². The van der Waals surface area contributed by atoms with Crippen LogP contribution in [0.4, 0.5) is 5.69 Å². The average molecular weight is 351 g/mol. The number of carbonyl (C=O) groups excluding carboxylic acids is 1. The quantitative estimate of drug-likeness (QED) is 0.894. The fourth-order valence-corrected chi connectivity index (χ4v) is 3.06. The second kappa shape index (κ2) is 8.01. The number of carbonyl (C=O) groups is 1. The number of anilines is 1. The molecule has 1 aromatic carbocycles. The van der Waals surface area contributed by atoms with Crippen molar-refractivity contribution in [3.63, 3.8) is 0 Å². The number of aryl methyl sites for hydroxylation is 1. The minimum absolute atomic E-state index is 0.00517. The maximum atomic E-state index is 12.6. The lowest BCUT2D eigenvalue weighted by Gasteiger charge is -2.19. The molecule has 0 aliphatic rings. The number of nitrogens with zero attached hydrogens (tertiary/aromatic N) is 2. The summed E-state index contributed by atoms with van der Waals surface area (Å²) in [6.07, 6.45) is 0.789. The highest BCUT2D eigenvalue weighted by Crippen LogP contribution is 2.22. The van der Waals surface area contributed by atoms with Crippen molar-refractivity contribution < 1.29 is 4.79 Å². The van der Waals surface area contributed by atoms with Crippen molar-refractivity contribution in [1.29, 1.82) is 5.26 Å². The Bertz CT molecular complexity index is 920. The molecule has 2 aromatic rings. The number of benzene rings is 1. The number of aromatic amines is 1. The average Bonchev–Trinajstić information content (AvgIpc) is 2.60. The van der Waals surface area contributed by atoms with Crippen molar-refractivity contribution in [2.45, 2.75) is 46.5 Å². The number of aromatic nitrogens is 1. The minimum atomic E-state index is -0.375. The number of hydrogen-bond acceptors (Lipinski definition) is 3. The Labute approximate surface area is 154 Å². The topological polar surface area (TPSA) is 77.0 Å². The molecule has 26 heavy (non-hydrogen) atoms. The lowest BCUT2D eigenvalue weighted by molar-refractivity contribution is -0.118. The smallest absolute Gasteiger partial charge is 0.266 e. The van der Waals surface area contributed by atoms with Gasteiger partial charge >= 0.3 is 0 Å². The largest absolute Gasteiger partial charge is 0.325 e.